The predicted molar refractivity (Wildman–Crippen MR) is 206 cm³/mol. The van der Waals surface area contributed by atoms with E-state index in [0.29, 0.717) is 0 Å². The highest BCUT2D eigenvalue weighted by molar-refractivity contribution is 6.21. The van der Waals surface area contributed by atoms with Gasteiger partial charge < -0.3 is 4.42 Å². The molecule has 0 saturated heterocycles. The maximum atomic E-state index is 6.27. The Morgan fingerprint density at radius 2 is 0.898 bits per heavy atom. The van der Waals surface area contributed by atoms with Crippen LogP contribution >= 0.6 is 0 Å². The summed E-state index contributed by atoms with van der Waals surface area (Å²) in [5, 5.41) is 9.46. The molecule has 2 heteroatoms. The fraction of sp³-hybridized carbons (Fsp3) is 0. The Morgan fingerprint density at radius 1 is 0.327 bits per heavy atom. The van der Waals surface area contributed by atoms with Crippen LogP contribution in [0.15, 0.2) is 180 Å². The molecule has 2 nitrogen and oxygen atoms in total. The topological polar surface area (TPSA) is 26.0 Å². The molecule has 49 heavy (non-hydrogen) atoms. The lowest BCUT2D eigenvalue weighted by Crippen LogP contribution is -1.93. The van der Waals surface area contributed by atoms with Gasteiger partial charge in [-0.15, -0.1) is 0 Å². The van der Waals surface area contributed by atoms with Gasteiger partial charge >= 0.3 is 0 Å². The molecule has 8 aromatic carbocycles. The Balaban J connectivity index is 1.15. The highest BCUT2D eigenvalue weighted by Crippen LogP contribution is 2.44. The Morgan fingerprint density at radius 3 is 1.65 bits per heavy atom. The second kappa shape index (κ2) is 11.0. The van der Waals surface area contributed by atoms with Crippen molar-refractivity contribution in [2.75, 3.05) is 0 Å². The van der Waals surface area contributed by atoms with E-state index in [9.17, 15) is 0 Å². The van der Waals surface area contributed by atoms with Gasteiger partial charge in [-0.3, -0.25) is 4.98 Å². The van der Waals surface area contributed by atoms with Crippen molar-refractivity contribution in [3.63, 3.8) is 0 Å². The summed E-state index contributed by atoms with van der Waals surface area (Å²) in [4.78, 5) is 5.16. The zero-order valence-electron chi connectivity index (χ0n) is 26.6. The molecule has 10 aromatic rings. The van der Waals surface area contributed by atoms with Gasteiger partial charge in [-0.1, -0.05) is 133 Å². The number of hydrogen-bond donors (Lipinski definition) is 0. The smallest absolute Gasteiger partial charge is 0.136 e. The van der Waals surface area contributed by atoms with E-state index >= 15 is 0 Å². The van der Waals surface area contributed by atoms with Crippen LogP contribution in [0, 0.1) is 0 Å². The Hall–Kier alpha value is -6.51. The van der Waals surface area contributed by atoms with E-state index in [2.05, 4.69) is 170 Å². The number of fused-ring (bicyclic) bond motifs is 6. The predicted octanol–water partition coefficient (Wildman–Crippen LogP) is 13.1. The van der Waals surface area contributed by atoms with Crippen molar-refractivity contribution in [1.82, 2.24) is 4.98 Å². The minimum atomic E-state index is 0.893. The third-order valence-electron chi connectivity index (χ3n) is 9.88. The summed E-state index contributed by atoms with van der Waals surface area (Å²) in [5.74, 6) is 0. The highest BCUT2D eigenvalue weighted by Gasteiger charge is 2.18. The Kier molecular flexibility index (Phi) is 6.22. The minimum Gasteiger partial charge on any atom is -0.456 e. The molecule has 0 fully saturated rings. The molecule has 0 spiro atoms. The number of aromatic nitrogens is 1. The number of furan rings is 1. The van der Waals surface area contributed by atoms with Crippen LogP contribution < -0.4 is 0 Å². The number of pyridine rings is 1. The Labute approximate surface area is 283 Å². The summed E-state index contributed by atoms with van der Waals surface area (Å²) in [6, 6.07) is 60.6. The molecule has 0 bridgehead atoms. The van der Waals surface area contributed by atoms with Gasteiger partial charge in [0.25, 0.3) is 0 Å². The maximum absolute atomic E-state index is 6.27. The molecule has 0 saturated carbocycles. The molecule has 0 atom stereocenters. The maximum Gasteiger partial charge on any atom is 0.136 e. The van der Waals surface area contributed by atoms with Gasteiger partial charge in [0.2, 0.25) is 0 Å². The summed E-state index contributed by atoms with van der Waals surface area (Å²) >= 11 is 0. The SMILES string of the molecule is c1ccc(-c2ccc3c(-c4ccc(-c5ccc6oc7cc8ccccc8cc7c6c5)cn4)c4ccccc4c(-c4ccccc4)c3c2)cc1. The quantitative estimate of drug-likeness (QED) is 0.182. The summed E-state index contributed by atoms with van der Waals surface area (Å²) in [6.07, 6.45) is 2.01. The summed E-state index contributed by atoms with van der Waals surface area (Å²) in [7, 11) is 0. The normalized spacial score (nSPS) is 11.7. The van der Waals surface area contributed by atoms with Crippen molar-refractivity contribution in [3.8, 4) is 44.6 Å². The van der Waals surface area contributed by atoms with Crippen LogP contribution in [0.5, 0.6) is 0 Å². The molecule has 2 heterocycles. The van der Waals surface area contributed by atoms with Crippen LogP contribution in [-0.4, -0.2) is 4.98 Å². The number of hydrogen-bond acceptors (Lipinski definition) is 2. The standard InChI is InChI=1S/C47H29NO/c1-3-11-30(12-4-1)34-19-22-39-42(27-34)46(31-13-5-2-6-14-31)37-17-9-10-18-38(37)47(39)43-23-20-36(29-48-43)35-21-24-44-40(26-35)41-25-32-15-7-8-16-33(32)28-45(41)49-44/h1-29H. The van der Waals surface area contributed by atoms with Crippen LogP contribution in [0.1, 0.15) is 0 Å². The van der Waals surface area contributed by atoms with Crippen LogP contribution in [0.4, 0.5) is 0 Å². The highest BCUT2D eigenvalue weighted by atomic mass is 16.3. The lowest BCUT2D eigenvalue weighted by molar-refractivity contribution is 0.669. The van der Waals surface area contributed by atoms with Crippen molar-refractivity contribution in [2.45, 2.75) is 0 Å². The molecule has 0 aliphatic rings. The molecule has 2 aromatic heterocycles. The monoisotopic (exact) mass is 623 g/mol. The molecule has 0 aliphatic carbocycles. The first-order valence-electron chi connectivity index (χ1n) is 16.7. The zero-order chi connectivity index (χ0) is 32.3. The van der Waals surface area contributed by atoms with E-state index in [1.54, 1.807) is 0 Å². The summed E-state index contributed by atoms with van der Waals surface area (Å²) in [5.41, 5.74) is 11.0. The number of benzene rings is 8. The van der Waals surface area contributed by atoms with Gasteiger partial charge in [-0.25, -0.2) is 0 Å². The first-order chi connectivity index (χ1) is 24.3. The van der Waals surface area contributed by atoms with E-state index < -0.39 is 0 Å². The van der Waals surface area contributed by atoms with Gasteiger partial charge in [0.15, 0.2) is 0 Å². The van der Waals surface area contributed by atoms with Crippen molar-refractivity contribution < 1.29 is 4.42 Å². The minimum absolute atomic E-state index is 0.893. The lowest BCUT2D eigenvalue weighted by atomic mass is 9.86. The third kappa shape index (κ3) is 4.53. The molecule has 10 rings (SSSR count). The second-order valence-electron chi connectivity index (χ2n) is 12.7. The Bertz CT molecular complexity index is 2850. The average molecular weight is 624 g/mol. The van der Waals surface area contributed by atoms with E-state index in [4.69, 9.17) is 9.40 Å². The zero-order valence-corrected chi connectivity index (χ0v) is 26.6. The third-order valence-corrected chi connectivity index (χ3v) is 9.88. The number of rotatable bonds is 4. The van der Waals surface area contributed by atoms with E-state index in [1.165, 1.54) is 54.6 Å². The van der Waals surface area contributed by atoms with Crippen LogP contribution in [-0.2, 0) is 0 Å². The largest absolute Gasteiger partial charge is 0.456 e. The van der Waals surface area contributed by atoms with Crippen molar-refractivity contribution in [1.29, 1.82) is 0 Å². The molecule has 0 aliphatic heterocycles. The lowest BCUT2D eigenvalue weighted by Gasteiger charge is -2.18. The average Bonchev–Trinajstić information content (AvgIpc) is 3.53. The van der Waals surface area contributed by atoms with Crippen LogP contribution in [0.3, 0.4) is 0 Å². The summed E-state index contributed by atoms with van der Waals surface area (Å²) < 4.78 is 6.27. The molecule has 228 valence electrons. The first kappa shape index (κ1) is 27.6. The van der Waals surface area contributed by atoms with Crippen LogP contribution in [0.2, 0.25) is 0 Å². The van der Waals surface area contributed by atoms with Gasteiger partial charge in [-0.2, -0.15) is 0 Å². The van der Waals surface area contributed by atoms with Gasteiger partial charge in [0.1, 0.15) is 11.2 Å². The molecule has 0 amide bonds. The van der Waals surface area contributed by atoms with Crippen LogP contribution in [0.25, 0.3) is 98.9 Å². The van der Waals surface area contributed by atoms with Crippen molar-refractivity contribution in [2.24, 2.45) is 0 Å². The molecule has 0 radical (unpaired) electrons. The van der Waals surface area contributed by atoms with Gasteiger partial charge in [0, 0.05) is 28.1 Å². The molecular formula is C47H29NO. The second-order valence-corrected chi connectivity index (χ2v) is 12.7. The van der Waals surface area contributed by atoms with Crippen molar-refractivity contribution >= 4 is 54.3 Å². The van der Waals surface area contributed by atoms with E-state index in [1.807, 2.05) is 6.20 Å². The first-order valence-corrected chi connectivity index (χ1v) is 16.7. The van der Waals surface area contributed by atoms with Gasteiger partial charge in [0.05, 0.1) is 5.69 Å². The fourth-order valence-electron chi connectivity index (χ4n) is 7.53. The molecular weight excluding hydrogens is 595 g/mol. The summed E-state index contributed by atoms with van der Waals surface area (Å²) in [6.45, 7) is 0. The number of nitrogens with zero attached hydrogens (tertiary/aromatic N) is 1. The van der Waals surface area contributed by atoms with Gasteiger partial charge in [-0.05, 0) is 96.5 Å². The van der Waals surface area contributed by atoms with Crippen molar-refractivity contribution in [3.05, 3.63) is 176 Å². The van der Waals surface area contributed by atoms with E-state index in [0.717, 1.165) is 44.3 Å². The fourth-order valence-corrected chi connectivity index (χ4v) is 7.53. The molecule has 0 unspecified atom stereocenters. The molecule has 0 N–H and O–H groups in total. The van der Waals surface area contributed by atoms with E-state index in [-0.39, 0.29) is 0 Å².